The summed E-state index contributed by atoms with van der Waals surface area (Å²) in [6, 6.07) is 1.30. The molecule has 0 aromatic heterocycles. The van der Waals surface area contributed by atoms with Gasteiger partial charge < -0.3 is 0 Å². The average Bonchev–Trinajstić information content (AvgIpc) is 3.11. The van der Waals surface area contributed by atoms with Crippen molar-refractivity contribution in [3.05, 3.63) is 0 Å². The minimum absolute atomic E-state index is 0.651. The Bertz CT molecular complexity index is 397. The van der Waals surface area contributed by atoms with Crippen LogP contribution in [0, 0.1) is 23.7 Å². The van der Waals surface area contributed by atoms with E-state index >= 15 is 0 Å². The molecular weight excluding hydrogens is 266 g/mol. The van der Waals surface area contributed by atoms with E-state index in [9.17, 15) is 0 Å². The van der Waals surface area contributed by atoms with Crippen molar-refractivity contribution in [2.75, 3.05) is 0 Å². The van der Waals surface area contributed by atoms with Gasteiger partial charge in [0.15, 0.2) is 5.71 Å². The van der Waals surface area contributed by atoms with Gasteiger partial charge in [0.2, 0.25) is 0 Å². The van der Waals surface area contributed by atoms with Gasteiger partial charge in [0.25, 0.3) is 0 Å². The minimum Gasteiger partial charge on any atom is -0.232 e. The van der Waals surface area contributed by atoms with Gasteiger partial charge in [-0.3, -0.25) is 0 Å². The second-order valence-electron chi connectivity index (χ2n) is 7.78. The molecule has 1 nitrogen and oxygen atoms in total. The van der Waals surface area contributed by atoms with Gasteiger partial charge >= 0.3 is 0 Å². The van der Waals surface area contributed by atoms with Crippen LogP contribution in [0.3, 0.4) is 0 Å². The van der Waals surface area contributed by atoms with E-state index in [2.05, 4.69) is 44.1 Å². The summed E-state index contributed by atoms with van der Waals surface area (Å²) < 4.78 is 2.72. The maximum Gasteiger partial charge on any atom is 0.160 e. The summed E-state index contributed by atoms with van der Waals surface area (Å²) in [5.41, 5.74) is 1.80. The molecule has 1 heteroatoms. The molecule has 2 rings (SSSR count). The molecule has 0 N–H and O–H groups in total. The highest BCUT2D eigenvalue weighted by molar-refractivity contribution is 6.00. The van der Waals surface area contributed by atoms with Gasteiger partial charge in [-0.15, -0.1) is 11.8 Å². The van der Waals surface area contributed by atoms with E-state index in [1.807, 2.05) is 0 Å². The molecule has 0 saturated heterocycles. The van der Waals surface area contributed by atoms with Crippen molar-refractivity contribution in [1.29, 1.82) is 0 Å². The number of hydrogen-bond acceptors (Lipinski definition) is 0. The molecule has 0 aliphatic heterocycles. The highest BCUT2D eigenvalue weighted by Gasteiger charge is 2.53. The van der Waals surface area contributed by atoms with Crippen molar-refractivity contribution in [2.45, 2.75) is 104 Å². The van der Waals surface area contributed by atoms with Crippen LogP contribution in [0.5, 0.6) is 0 Å². The molecule has 0 aromatic carbocycles. The first-order valence-electron chi connectivity index (χ1n) is 9.73. The van der Waals surface area contributed by atoms with Crippen LogP contribution in [0.2, 0.25) is 0 Å². The summed E-state index contributed by atoms with van der Waals surface area (Å²) in [5, 5.41) is 0. The largest absolute Gasteiger partial charge is 0.232 e. The van der Waals surface area contributed by atoms with Gasteiger partial charge in [-0.05, 0) is 53.4 Å². The van der Waals surface area contributed by atoms with Crippen LogP contribution in [0.15, 0.2) is 0 Å². The molecule has 0 bridgehead atoms. The standard InChI is InChI=1S/C21H36N/c1-17(2)22(18(3)4)21-19-15-13-11-9-7-5-6-8-10-12-14-16-20(19)21/h17-20H,7-16H2,1-4H3/q+1. The first kappa shape index (κ1) is 17.6. The Labute approximate surface area is 138 Å². The van der Waals surface area contributed by atoms with Gasteiger partial charge in [0.05, 0.1) is 11.8 Å². The Morgan fingerprint density at radius 3 is 1.59 bits per heavy atom. The molecular formula is C21H36N+. The van der Waals surface area contributed by atoms with E-state index in [0.29, 0.717) is 12.1 Å². The molecule has 0 radical (unpaired) electrons. The number of nitrogens with zero attached hydrogens (tertiary/aromatic N) is 1. The highest BCUT2D eigenvalue weighted by atomic mass is 15.1. The predicted molar refractivity (Wildman–Crippen MR) is 96.5 cm³/mol. The SMILES string of the molecule is CC(C)[N+](=C1C2CCCCCC#CCCCCCC12)C(C)C. The number of rotatable bonds is 2. The van der Waals surface area contributed by atoms with Gasteiger partial charge in [-0.1, -0.05) is 25.7 Å². The highest BCUT2D eigenvalue weighted by Crippen LogP contribution is 2.43. The molecule has 0 amide bonds. The predicted octanol–water partition coefficient (Wildman–Crippen LogP) is 5.42. The fourth-order valence-corrected chi connectivity index (χ4v) is 4.32. The van der Waals surface area contributed by atoms with Crippen LogP contribution in [0.4, 0.5) is 0 Å². The van der Waals surface area contributed by atoms with Crippen molar-refractivity contribution in [3.8, 4) is 11.8 Å². The topological polar surface area (TPSA) is 3.01 Å². The Balaban J connectivity index is 2.03. The molecule has 2 aliphatic carbocycles. The molecule has 2 atom stereocenters. The summed E-state index contributed by atoms with van der Waals surface area (Å²) in [5.74, 6) is 8.51. The number of hydrogen-bond donors (Lipinski definition) is 0. The van der Waals surface area contributed by atoms with Crippen LogP contribution >= 0.6 is 0 Å². The monoisotopic (exact) mass is 302 g/mol. The third-order valence-electron chi connectivity index (χ3n) is 5.31. The Morgan fingerprint density at radius 1 is 0.727 bits per heavy atom. The second-order valence-corrected chi connectivity index (χ2v) is 7.78. The zero-order valence-electron chi connectivity index (χ0n) is 15.3. The lowest BCUT2D eigenvalue weighted by Crippen LogP contribution is -2.30. The molecule has 2 aliphatic rings. The maximum absolute atomic E-state index is 3.35. The summed E-state index contributed by atoms with van der Waals surface area (Å²) >= 11 is 0. The molecule has 0 heterocycles. The van der Waals surface area contributed by atoms with Crippen LogP contribution in [0.1, 0.15) is 91.9 Å². The maximum atomic E-state index is 3.35. The van der Waals surface area contributed by atoms with Gasteiger partial charge in [0.1, 0.15) is 12.1 Å². The Morgan fingerprint density at radius 2 is 1.18 bits per heavy atom. The average molecular weight is 303 g/mol. The first-order valence-corrected chi connectivity index (χ1v) is 9.73. The lowest BCUT2D eigenvalue weighted by molar-refractivity contribution is -0.586. The third kappa shape index (κ3) is 4.87. The lowest BCUT2D eigenvalue weighted by Gasteiger charge is -2.11. The molecule has 0 aromatic rings. The fourth-order valence-electron chi connectivity index (χ4n) is 4.32. The van der Waals surface area contributed by atoms with Crippen molar-refractivity contribution in [2.24, 2.45) is 11.8 Å². The van der Waals surface area contributed by atoms with E-state index in [-0.39, 0.29) is 0 Å². The first-order chi connectivity index (χ1) is 10.6. The van der Waals surface area contributed by atoms with E-state index in [0.717, 1.165) is 24.7 Å². The van der Waals surface area contributed by atoms with Gasteiger partial charge in [-0.25, -0.2) is 4.58 Å². The van der Waals surface area contributed by atoms with Gasteiger partial charge in [0, 0.05) is 12.8 Å². The van der Waals surface area contributed by atoms with Crippen molar-refractivity contribution >= 4 is 5.71 Å². The normalized spacial score (nSPS) is 26.9. The van der Waals surface area contributed by atoms with Crippen LogP contribution in [-0.2, 0) is 0 Å². The molecule has 22 heavy (non-hydrogen) atoms. The second kappa shape index (κ2) is 8.76. The Kier molecular flexibility index (Phi) is 7.00. The molecule has 2 unspecified atom stereocenters. The zero-order chi connectivity index (χ0) is 15.9. The van der Waals surface area contributed by atoms with E-state index in [1.54, 1.807) is 5.71 Å². The van der Waals surface area contributed by atoms with E-state index in [4.69, 9.17) is 0 Å². The minimum atomic E-state index is 0.651. The van der Waals surface area contributed by atoms with Crippen LogP contribution < -0.4 is 0 Å². The molecule has 124 valence electrons. The smallest absolute Gasteiger partial charge is 0.160 e. The summed E-state index contributed by atoms with van der Waals surface area (Å²) in [6.45, 7) is 9.44. The summed E-state index contributed by atoms with van der Waals surface area (Å²) in [7, 11) is 0. The molecule has 0 spiro atoms. The van der Waals surface area contributed by atoms with Crippen molar-refractivity contribution in [1.82, 2.24) is 0 Å². The lowest BCUT2D eigenvalue weighted by atomic mass is 10.0. The summed E-state index contributed by atoms with van der Waals surface area (Å²) in [4.78, 5) is 0. The zero-order valence-corrected chi connectivity index (χ0v) is 15.3. The van der Waals surface area contributed by atoms with Crippen LogP contribution in [0.25, 0.3) is 0 Å². The fraction of sp³-hybridized carbons (Fsp3) is 0.857. The third-order valence-corrected chi connectivity index (χ3v) is 5.31. The van der Waals surface area contributed by atoms with Crippen molar-refractivity contribution < 1.29 is 4.58 Å². The Hall–Kier alpha value is -0.770. The van der Waals surface area contributed by atoms with Gasteiger partial charge in [-0.2, -0.15) is 0 Å². The van der Waals surface area contributed by atoms with Crippen molar-refractivity contribution in [3.63, 3.8) is 0 Å². The summed E-state index contributed by atoms with van der Waals surface area (Å²) in [6.07, 6.45) is 13.2. The molecule has 1 fully saturated rings. The quantitative estimate of drug-likeness (QED) is 0.473. The van der Waals surface area contributed by atoms with Crippen LogP contribution in [-0.4, -0.2) is 22.4 Å². The van der Waals surface area contributed by atoms with E-state index < -0.39 is 0 Å². The number of fused-ring (bicyclic) bond motifs is 1. The van der Waals surface area contributed by atoms with E-state index in [1.165, 1.54) is 51.4 Å². The molecule has 1 saturated carbocycles.